The zero-order chi connectivity index (χ0) is 13.3. The molecule has 5 heteroatoms. The Labute approximate surface area is 106 Å². The number of aryl methyl sites for hydroxylation is 1. The van der Waals surface area contributed by atoms with E-state index in [1.54, 1.807) is 0 Å². The van der Waals surface area contributed by atoms with Crippen LogP contribution in [0, 0.1) is 6.92 Å². The van der Waals surface area contributed by atoms with Crippen LogP contribution in [0.15, 0.2) is 24.3 Å². The number of hydrogen-bond donors (Lipinski definition) is 1. The average molecular weight is 248 g/mol. The van der Waals surface area contributed by atoms with Crippen LogP contribution in [0.3, 0.4) is 0 Å². The maximum atomic E-state index is 11.8. The second-order valence-corrected chi connectivity index (χ2v) is 4.53. The zero-order valence-corrected chi connectivity index (χ0v) is 10.5. The summed E-state index contributed by atoms with van der Waals surface area (Å²) in [6, 6.07) is 6.89. The maximum Gasteiger partial charge on any atom is 0.328 e. The van der Waals surface area contributed by atoms with E-state index in [9.17, 15) is 9.59 Å². The molecule has 18 heavy (non-hydrogen) atoms. The Balaban J connectivity index is 2.28. The third-order valence-electron chi connectivity index (χ3n) is 3.32. The van der Waals surface area contributed by atoms with E-state index < -0.39 is 12.0 Å². The van der Waals surface area contributed by atoms with E-state index in [2.05, 4.69) is 0 Å². The van der Waals surface area contributed by atoms with Crippen molar-refractivity contribution in [2.24, 2.45) is 0 Å². The molecule has 1 aromatic rings. The van der Waals surface area contributed by atoms with Gasteiger partial charge in [0.2, 0.25) is 5.91 Å². The van der Waals surface area contributed by atoms with Gasteiger partial charge in [0.1, 0.15) is 6.04 Å². The summed E-state index contributed by atoms with van der Waals surface area (Å²) >= 11 is 0. The average Bonchev–Trinajstić information content (AvgIpc) is 2.33. The van der Waals surface area contributed by atoms with Crippen LogP contribution in [0.5, 0.6) is 0 Å². The lowest BCUT2D eigenvalue weighted by Gasteiger charge is -2.38. The van der Waals surface area contributed by atoms with Gasteiger partial charge >= 0.3 is 5.97 Å². The van der Waals surface area contributed by atoms with Crippen molar-refractivity contribution in [2.45, 2.75) is 13.0 Å². The van der Waals surface area contributed by atoms with Crippen molar-refractivity contribution >= 4 is 17.6 Å². The van der Waals surface area contributed by atoms with Crippen LogP contribution in [0.2, 0.25) is 0 Å². The van der Waals surface area contributed by atoms with Gasteiger partial charge in [-0.15, -0.1) is 0 Å². The number of nitrogens with zero attached hydrogens (tertiary/aromatic N) is 2. The minimum absolute atomic E-state index is 0.170. The quantitative estimate of drug-likeness (QED) is 0.838. The van der Waals surface area contributed by atoms with E-state index in [1.165, 1.54) is 11.9 Å². The summed E-state index contributed by atoms with van der Waals surface area (Å²) in [5.74, 6) is -1.14. The minimum Gasteiger partial charge on any atom is -0.480 e. The molecule has 2 rings (SSSR count). The first kappa shape index (κ1) is 12.4. The largest absolute Gasteiger partial charge is 0.480 e. The van der Waals surface area contributed by atoms with Crippen LogP contribution in [-0.4, -0.2) is 48.1 Å². The maximum absolute atomic E-state index is 11.8. The highest BCUT2D eigenvalue weighted by Gasteiger charge is 2.34. The van der Waals surface area contributed by atoms with Gasteiger partial charge in [-0.25, -0.2) is 4.79 Å². The highest BCUT2D eigenvalue weighted by atomic mass is 16.4. The minimum atomic E-state index is -0.968. The van der Waals surface area contributed by atoms with E-state index in [1.807, 2.05) is 36.1 Å². The lowest BCUT2D eigenvalue weighted by Crippen LogP contribution is -2.58. The van der Waals surface area contributed by atoms with Crippen LogP contribution in [0.4, 0.5) is 5.69 Å². The van der Waals surface area contributed by atoms with Gasteiger partial charge in [-0.2, -0.15) is 0 Å². The number of benzene rings is 1. The molecule has 5 nitrogen and oxygen atoms in total. The SMILES string of the molecule is Cc1ccccc1N1CC(=O)N(C)C(C(=O)O)C1. The third kappa shape index (κ3) is 2.16. The van der Waals surface area contributed by atoms with Crippen molar-refractivity contribution in [1.82, 2.24) is 4.90 Å². The van der Waals surface area contributed by atoms with Crippen molar-refractivity contribution in [3.8, 4) is 0 Å². The van der Waals surface area contributed by atoms with Gasteiger partial charge in [-0.3, -0.25) is 4.79 Å². The number of piperazine rings is 1. The van der Waals surface area contributed by atoms with Crippen LogP contribution < -0.4 is 4.90 Å². The Morgan fingerprint density at radius 1 is 1.39 bits per heavy atom. The van der Waals surface area contributed by atoms with Crippen molar-refractivity contribution in [2.75, 3.05) is 25.0 Å². The van der Waals surface area contributed by atoms with Crippen LogP contribution in [0.1, 0.15) is 5.56 Å². The molecule has 1 aliphatic heterocycles. The molecule has 1 atom stereocenters. The number of amides is 1. The predicted molar refractivity (Wildman–Crippen MR) is 67.6 cm³/mol. The molecule has 0 saturated carbocycles. The number of carbonyl (C=O) groups excluding carboxylic acids is 1. The van der Waals surface area contributed by atoms with E-state index in [-0.39, 0.29) is 12.5 Å². The summed E-state index contributed by atoms with van der Waals surface area (Å²) in [7, 11) is 1.54. The second-order valence-electron chi connectivity index (χ2n) is 4.53. The standard InChI is InChI=1S/C13H16N2O3/c1-9-5-3-4-6-10(9)15-7-11(13(17)18)14(2)12(16)8-15/h3-6,11H,7-8H2,1-2H3,(H,17,18). The van der Waals surface area contributed by atoms with Crippen molar-refractivity contribution < 1.29 is 14.7 Å². The van der Waals surface area contributed by atoms with Crippen LogP contribution in [-0.2, 0) is 9.59 Å². The van der Waals surface area contributed by atoms with Crippen molar-refractivity contribution in [1.29, 1.82) is 0 Å². The molecule has 0 bridgehead atoms. The molecule has 0 aliphatic carbocycles. The van der Waals surface area contributed by atoms with Crippen molar-refractivity contribution in [3.05, 3.63) is 29.8 Å². The van der Waals surface area contributed by atoms with E-state index >= 15 is 0 Å². The van der Waals surface area contributed by atoms with E-state index in [4.69, 9.17) is 5.11 Å². The molecule has 1 amide bonds. The van der Waals surface area contributed by atoms with Gasteiger partial charge in [-0.1, -0.05) is 18.2 Å². The number of carboxylic acids is 1. The number of carboxylic acid groups (broad SMARTS) is 1. The molecule has 0 spiro atoms. The van der Waals surface area contributed by atoms with Gasteiger partial charge in [0.05, 0.1) is 6.54 Å². The summed E-state index contributed by atoms with van der Waals surface area (Å²) in [5, 5.41) is 9.14. The Morgan fingerprint density at radius 3 is 2.67 bits per heavy atom. The molecule has 1 saturated heterocycles. The Morgan fingerprint density at radius 2 is 2.06 bits per heavy atom. The molecule has 1 heterocycles. The Hall–Kier alpha value is -2.04. The summed E-state index contributed by atoms with van der Waals surface area (Å²) in [5.41, 5.74) is 1.96. The van der Waals surface area contributed by atoms with Crippen molar-refractivity contribution in [3.63, 3.8) is 0 Å². The molecule has 96 valence electrons. The number of anilines is 1. The number of hydrogen-bond acceptors (Lipinski definition) is 3. The molecule has 0 radical (unpaired) electrons. The normalized spacial score (nSPS) is 20.1. The number of aliphatic carboxylic acids is 1. The Bertz CT molecular complexity index is 487. The number of carbonyl (C=O) groups is 2. The molecule has 1 aliphatic rings. The fraction of sp³-hybridized carbons (Fsp3) is 0.385. The zero-order valence-electron chi connectivity index (χ0n) is 10.5. The first-order chi connectivity index (χ1) is 8.50. The fourth-order valence-electron chi connectivity index (χ4n) is 2.19. The summed E-state index contributed by atoms with van der Waals surface area (Å²) in [4.78, 5) is 26.1. The van der Waals surface area contributed by atoms with E-state index in [0.29, 0.717) is 6.54 Å². The van der Waals surface area contributed by atoms with E-state index in [0.717, 1.165) is 11.3 Å². The topological polar surface area (TPSA) is 60.9 Å². The number of likely N-dealkylation sites (N-methyl/N-ethyl adjacent to an activating group) is 1. The van der Waals surface area contributed by atoms with Crippen LogP contribution in [0.25, 0.3) is 0 Å². The molecule has 1 unspecified atom stereocenters. The highest BCUT2D eigenvalue weighted by molar-refractivity contribution is 5.89. The molecular formula is C13H16N2O3. The highest BCUT2D eigenvalue weighted by Crippen LogP contribution is 2.22. The smallest absolute Gasteiger partial charge is 0.328 e. The Kier molecular flexibility index (Phi) is 3.23. The molecule has 1 aromatic carbocycles. The fourth-order valence-corrected chi connectivity index (χ4v) is 2.19. The summed E-state index contributed by atoms with van der Waals surface area (Å²) in [6.45, 7) is 2.50. The second kappa shape index (κ2) is 4.68. The van der Waals surface area contributed by atoms with Gasteiger partial charge in [0.15, 0.2) is 0 Å². The predicted octanol–water partition coefficient (Wildman–Crippen LogP) is 0.727. The number of rotatable bonds is 2. The summed E-state index contributed by atoms with van der Waals surface area (Å²) < 4.78 is 0. The lowest BCUT2D eigenvalue weighted by atomic mass is 10.1. The third-order valence-corrected chi connectivity index (χ3v) is 3.32. The first-order valence-electron chi connectivity index (χ1n) is 5.79. The monoisotopic (exact) mass is 248 g/mol. The van der Waals surface area contributed by atoms with Gasteiger partial charge < -0.3 is 14.9 Å². The lowest BCUT2D eigenvalue weighted by molar-refractivity contribution is -0.149. The number of para-hydroxylation sites is 1. The van der Waals surface area contributed by atoms with Gasteiger partial charge in [0.25, 0.3) is 0 Å². The van der Waals surface area contributed by atoms with Gasteiger partial charge in [0, 0.05) is 19.3 Å². The molecule has 0 aromatic heterocycles. The summed E-state index contributed by atoms with van der Waals surface area (Å²) in [6.07, 6.45) is 0. The molecular weight excluding hydrogens is 232 g/mol. The first-order valence-corrected chi connectivity index (χ1v) is 5.79. The van der Waals surface area contributed by atoms with Gasteiger partial charge in [-0.05, 0) is 18.6 Å². The van der Waals surface area contributed by atoms with Crippen LogP contribution >= 0.6 is 0 Å². The molecule has 1 N–H and O–H groups in total. The molecule has 1 fully saturated rings.